The fourth-order valence-corrected chi connectivity index (χ4v) is 3.74. The van der Waals surface area contributed by atoms with Gasteiger partial charge in [-0.2, -0.15) is 4.99 Å². The van der Waals surface area contributed by atoms with E-state index in [4.69, 9.17) is 19.2 Å². The van der Waals surface area contributed by atoms with Crippen LogP contribution in [-0.2, 0) is 19.0 Å². The van der Waals surface area contributed by atoms with Crippen molar-refractivity contribution in [2.45, 2.75) is 72.1 Å². The van der Waals surface area contributed by atoms with Gasteiger partial charge in [-0.15, -0.1) is 0 Å². The first kappa shape index (κ1) is 34.9. The molecule has 0 saturated carbocycles. The number of carbonyl (C=O) groups is 3. The number of esters is 1. The Hall–Kier alpha value is -4.31. The van der Waals surface area contributed by atoms with Crippen LogP contribution >= 0.6 is 0 Å². The Labute approximate surface area is 254 Å². The standard InChI is InChI=1S/C22H24N2O2.C11H20N2O4/c1-2-26-22(25)20(15-17-13-14-23-16-17)24-21(18-9-5-3-6-10-18)19-11-7-4-8-12-19;1-10(2,3)16-8(14)12-7-13-9(15)17-11(4,5)6/h3-13,20,23H,2,14-16H2,1H3;7H,1-6H3,(H,12,13,14,15). The Balaban J connectivity index is 0.000000332. The van der Waals surface area contributed by atoms with Crippen molar-refractivity contribution in [1.29, 1.82) is 0 Å². The van der Waals surface area contributed by atoms with Gasteiger partial charge >= 0.3 is 18.2 Å². The lowest BCUT2D eigenvalue weighted by molar-refractivity contribution is -0.144. The number of nitrogens with zero attached hydrogens (tertiary/aromatic N) is 2. The van der Waals surface area contributed by atoms with Crippen molar-refractivity contribution >= 4 is 30.2 Å². The molecule has 1 aliphatic rings. The number of hydrogen-bond donors (Lipinski definition) is 2. The van der Waals surface area contributed by atoms with Crippen LogP contribution in [0.4, 0.5) is 9.59 Å². The number of nitrogens with one attached hydrogen (secondary N) is 2. The van der Waals surface area contributed by atoms with Crippen LogP contribution in [0.15, 0.2) is 82.3 Å². The molecule has 0 radical (unpaired) electrons. The maximum atomic E-state index is 12.6. The van der Waals surface area contributed by atoms with Gasteiger partial charge in [0.2, 0.25) is 0 Å². The van der Waals surface area contributed by atoms with E-state index in [1.54, 1.807) is 41.5 Å². The Morgan fingerprint density at radius 1 is 0.907 bits per heavy atom. The summed E-state index contributed by atoms with van der Waals surface area (Å²) >= 11 is 0. The fourth-order valence-electron chi connectivity index (χ4n) is 3.74. The highest BCUT2D eigenvalue weighted by Gasteiger charge is 2.23. The van der Waals surface area contributed by atoms with Gasteiger partial charge in [-0.05, 0) is 48.5 Å². The monoisotopic (exact) mass is 592 g/mol. The molecule has 10 heteroatoms. The molecule has 232 valence electrons. The number of ether oxygens (including phenoxy) is 3. The Morgan fingerprint density at radius 3 is 1.93 bits per heavy atom. The number of rotatable bonds is 8. The minimum atomic E-state index is -0.770. The van der Waals surface area contributed by atoms with Crippen LogP contribution < -0.4 is 10.6 Å². The van der Waals surface area contributed by atoms with Gasteiger partial charge in [0.1, 0.15) is 17.5 Å². The number of benzene rings is 2. The molecule has 1 aliphatic heterocycles. The quantitative estimate of drug-likeness (QED) is 0.129. The van der Waals surface area contributed by atoms with Gasteiger partial charge in [0, 0.05) is 30.6 Å². The second-order valence-corrected chi connectivity index (χ2v) is 11.6. The molecule has 1 atom stereocenters. The molecule has 0 aliphatic carbocycles. The number of amides is 2. The van der Waals surface area contributed by atoms with E-state index in [9.17, 15) is 14.4 Å². The summed E-state index contributed by atoms with van der Waals surface area (Å²) in [6, 6.07) is 19.4. The van der Waals surface area contributed by atoms with E-state index >= 15 is 0 Å². The third-order valence-corrected chi connectivity index (χ3v) is 5.43. The topological polar surface area (TPSA) is 128 Å². The van der Waals surface area contributed by atoms with E-state index < -0.39 is 29.4 Å². The zero-order valence-corrected chi connectivity index (χ0v) is 26.2. The number of aliphatic imine (C=N–C) groups is 2. The normalized spacial score (nSPS) is 13.6. The zero-order chi connectivity index (χ0) is 31.9. The maximum Gasteiger partial charge on any atom is 0.435 e. The van der Waals surface area contributed by atoms with Crippen LogP contribution in [0.25, 0.3) is 0 Å². The Morgan fingerprint density at radius 2 is 1.47 bits per heavy atom. The minimum Gasteiger partial charge on any atom is -0.464 e. The van der Waals surface area contributed by atoms with E-state index in [1.165, 1.54) is 5.57 Å². The van der Waals surface area contributed by atoms with E-state index in [1.807, 2.05) is 67.6 Å². The summed E-state index contributed by atoms with van der Waals surface area (Å²) in [6.07, 6.45) is 2.21. The van der Waals surface area contributed by atoms with Gasteiger partial charge < -0.3 is 19.5 Å². The van der Waals surface area contributed by atoms with E-state index in [2.05, 4.69) is 21.7 Å². The first-order valence-electron chi connectivity index (χ1n) is 14.3. The summed E-state index contributed by atoms with van der Waals surface area (Å²) in [6.45, 7) is 14.2. The summed E-state index contributed by atoms with van der Waals surface area (Å²) in [4.78, 5) is 43.1. The molecule has 2 aromatic rings. The number of alkyl carbamates (subject to hydrolysis) is 1. The molecule has 2 aromatic carbocycles. The average molecular weight is 593 g/mol. The number of hydrogen-bond acceptors (Lipinski definition) is 8. The lowest BCUT2D eigenvalue weighted by Crippen LogP contribution is -2.32. The van der Waals surface area contributed by atoms with Crippen LogP contribution in [0.3, 0.4) is 0 Å². The molecule has 0 aromatic heterocycles. The van der Waals surface area contributed by atoms with Crippen molar-refractivity contribution in [3.63, 3.8) is 0 Å². The van der Waals surface area contributed by atoms with E-state index in [0.29, 0.717) is 13.0 Å². The molecule has 0 fully saturated rings. The maximum absolute atomic E-state index is 12.6. The van der Waals surface area contributed by atoms with E-state index in [0.717, 1.165) is 36.3 Å². The average Bonchev–Trinajstić information content (AvgIpc) is 3.44. The molecule has 43 heavy (non-hydrogen) atoms. The highest BCUT2D eigenvalue weighted by Crippen LogP contribution is 2.18. The molecule has 1 unspecified atom stereocenters. The van der Waals surface area contributed by atoms with Crippen LogP contribution in [0, 0.1) is 0 Å². The molecule has 10 nitrogen and oxygen atoms in total. The Bertz CT molecular complexity index is 1230. The smallest absolute Gasteiger partial charge is 0.435 e. The van der Waals surface area contributed by atoms with Crippen molar-refractivity contribution in [3.05, 3.63) is 83.4 Å². The van der Waals surface area contributed by atoms with Gasteiger partial charge in [-0.1, -0.05) is 72.3 Å². The molecular weight excluding hydrogens is 548 g/mol. The van der Waals surface area contributed by atoms with Gasteiger partial charge in [0.05, 0.1) is 12.3 Å². The molecular formula is C33H44N4O6. The molecule has 0 bridgehead atoms. The largest absolute Gasteiger partial charge is 0.464 e. The van der Waals surface area contributed by atoms with Crippen LogP contribution in [0.2, 0.25) is 0 Å². The van der Waals surface area contributed by atoms with Crippen LogP contribution in [-0.4, -0.2) is 67.1 Å². The second kappa shape index (κ2) is 17.0. The van der Waals surface area contributed by atoms with Crippen molar-refractivity contribution < 1.29 is 28.6 Å². The lowest BCUT2D eigenvalue weighted by Gasteiger charge is -2.18. The number of carbonyl (C=O) groups excluding carboxylic acids is 3. The van der Waals surface area contributed by atoms with Crippen molar-refractivity contribution in [2.75, 3.05) is 19.7 Å². The predicted octanol–water partition coefficient (Wildman–Crippen LogP) is 5.85. The molecule has 0 saturated heterocycles. The summed E-state index contributed by atoms with van der Waals surface area (Å²) in [5, 5.41) is 5.47. The highest BCUT2D eigenvalue weighted by atomic mass is 16.6. The lowest BCUT2D eigenvalue weighted by atomic mass is 10.0. The first-order valence-corrected chi connectivity index (χ1v) is 14.3. The molecule has 3 rings (SSSR count). The molecule has 2 amide bonds. The van der Waals surface area contributed by atoms with Crippen LogP contribution in [0.5, 0.6) is 0 Å². The predicted molar refractivity (Wildman–Crippen MR) is 169 cm³/mol. The highest BCUT2D eigenvalue weighted by molar-refractivity contribution is 6.13. The SMILES string of the molecule is CC(C)(C)OC(=O)N=CNC(=O)OC(C)(C)C.CCOC(=O)C(CC1=CCNC1)N=C(c1ccccc1)c1ccccc1. The van der Waals surface area contributed by atoms with Gasteiger partial charge in [0.25, 0.3) is 0 Å². The van der Waals surface area contributed by atoms with Crippen molar-refractivity contribution in [3.8, 4) is 0 Å². The third kappa shape index (κ3) is 14.4. The molecule has 0 spiro atoms. The van der Waals surface area contributed by atoms with Crippen LogP contribution in [0.1, 0.15) is 66.0 Å². The van der Waals surface area contributed by atoms with Crippen molar-refractivity contribution in [2.24, 2.45) is 9.98 Å². The van der Waals surface area contributed by atoms with E-state index in [-0.39, 0.29) is 5.97 Å². The second-order valence-electron chi connectivity index (χ2n) is 11.6. The van der Waals surface area contributed by atoms with Gasteiger partial charge in [-0.25, -0.2) is 14.4 Å². The fraction of sp³-hybridized carbons (Fsp3) is 0.424. The Kier molecular flexibility index (Phi) is 13.8. The summed E-state index contributed by atoms with van der Waals surface area (Å²) < 4.78 is 15.1. The van der Waals surface area contributed by atoms with Gasteiger partial charge in [0.15, 0.2) is 6.04 Å². The summed E-state index contributed by atoms with van der Waals surface area (Å²) in [5.74, 6) is -0.273. The first-order chi connectivity index (χ1) is 20.3. The van der Waals surface area contributed by atoms with Crippen molar-refractivity contribution in [1.82, 2.24) is 10.6 Å². The summed E-state index contributed by atoms with van der Waals surface area (Å²) in [5.41, 5.74) is 2.80. The summed E-state index contributed by atoms with van der Waals surface area (Å²) in [7, 11) is 0. The molecule has 1 heterocycles. The molecule has 2 N–H and O–H groups in total. The third-order valence-electron chi connectivity index (χ3n) is 5.43. The van der Waals surface area contributed by atoms with Gasteiger partial charge in [-0.3, -0.25) is 10.3 Å². The zero-order valence-electron chi connectivity index (χ0n) is 26.2. The minimum absolute atomic E-state index is 0.273.